The van der Waals surface area contributed by atoms with Gasteiger partial charge in [0.1, 0.15) is 0 Å². The molecular formula is C32H30. The van der Waals surface area contributed by atoms with Gasteiger partial charge in [0.05, 0.1) is 5.41 Å². The zero-order valence-electron chi connectivity index (χ0n) is 19.1. The lowest BCUT2D eigenvalue weighted by Crippen LogP contribution is -2.34. The molecule has 4 aromatic carbocycles. The molecule has 0 unspecified atom stereocenters. The number of hydrogen-bond donors (Lipinski definition) is 0. The van der Waals surface area contributed by atoms with E-state index in [1.54, 1.807) is 0 Å². The van der Waals surface area contributed by atoms with Gasteiger partial charge in [0.25, 0.3) is 0 Å². The highest BCUT2D eigenvalue weighted by Crippen LogP contribution is 2.59. The lowest BCUT2D eigenvalue weighted by atomic mass is 9.61. The number of hydrogen-bond acceptors (Lipinski definition) is 0. The first-order valence-corrected chi connectivity index (χ1v) is 12.2. The third kappa shape index (κ3) is 2.62. The molecule has 2 aliphatic rings. The molecule has 0 saturated carbocycles. The Morgan fingerprint density at radius 3 is 1.50 bits per heavy atom. The Bertz CT molecular complexity index is 1220. The lowest BCUT2D eigenvalue weighted by molar-refractivity contribution is 0.718. The van der Waals surface area contributed by atoms with E-state index in [4.69, 9.17) is 0 Å². The van der Waals surface area contributed by atoms with Gasteiger partial charge in [0, 0.05) is 0 Å². The van der Waals surface area contributed by atoms with Crippen molar-refractivity contribution < 1.29 is 0 Å². The summed E-state index contributed by atoms with van der Waals surface area (Å²) in [5.41, 5.74) is 14.3. The molecule has 0 atom stereocenters. The smallest absolute Gasteiger partial charge is 0.0651 e. The van der Waals surface area contributed by atoms with Gasteiger partial charge in [-0.05, 0) is 74.9 Å². The van der Waals surface area contributed by atoms with E-state index in [0.29, 0.717) is 0 Å². The molecule has 0 aromatic heterocycles. The number of rotatable bonds is 4. The minimum Gasteiger partial charge on any atom is -0.0651 e. The van der Waals surface area contributed by atoms with Crippen LogP contribution in [0, 0.1) is 0 Å². The summed E-state index contributed by atoms with van der Waals surface area (Å²) >= 11 is 0. The van der Waals surface area contributed by atoms with Crippen LogP contribution in [0.25, 0.3) is 11.1 Å². The van der Waals surface area contributed by atoms with Crippen LogP contribution in [0.4, 0.5) is 0 Å². The molecule has 0 fully saturated rings. The van der Waals surface area contributed by atoms with Gasteiger partial charge in [-0.1, -0.05) is 112 Å². The average molecular weight is 415 g/mol. The first-order valence-electron chi connectivity index (χ1n) is 12.2. The standard InChI is InChI=1S/C32H30/c1-3-9-22-15-17-26-27-18-16-23(10-4-2)20-31(27)32(30(26)19-22)28-13-7-5-11-24(28)21-25-12-6-8-14-29(25)32/h5-8,11-20H,3-4,9-10,21H2,1-2H3. The molecule has 1 spiro atoms. The van der Waals surface area contributed by atoms with Crippen molar-refractivity contribution >= 4 is 0 Å². The minimum atomic E-state index is -0.219. The molecule has 4 aromatic rings. The van der Waals surface area contributed by atoms with Crippen molar-refractivity contribution in [3.8, 4) is 11.1 Å². The predicted octanol–water partition coefficient (Wildman–Crippen LogP) is 7.86. The van der Waals surface area contributed by atoms with Crippen molar-refractivity contribution in [2.45, 2.75) is 51.4 Å². The van der Waals surface area contributed by atoms with Crippen molar-refractivity contribution in [2.75, 3.05) is 0 Å². The Balaban J connectivity index is 1.77. The summed E-state index contributed by atoms with van der Waals surface area (Å²) in [6.07, 6.45) is 5.62. The molecule has 0 N–H and O–H groups in total. The third-order valence-corrected chi connectivity index (χ3v) is 7.57. The van der Waals surface area contributed by atoms with Crippen molar-refractivity contribution in [1.82, 2.24) is 0 Å². The van der Waals surface area contributed by atoms with Gasteiger partial charge in [-0.15, -0.1) is 0 Å². The van der Waals surface area contributed by atoms with Crippen molar-refractivity contribution in [2.24, 2.45) is 0 Å². The van der Waals surface area contributed by atoms with Crippen LogP contribution in [0.15, 0.2) is 84.9 Å². The average Bonchev–Trinajstić information content (AvgIpc) is 3.10. The Kier molecular flexibility index (Phi) is 4.57. The fourth-order valence-electron chi connectivity index (χ4n) is 6.32. The van der Waals surface area contributed by atoms with E-state index in [-0.39, 0.29) is 5.41 Å². The van der Waals surface area contributed by atoms with Crippen LogP contribution in [0.2, 0.25) is 0 Å². The summed E-state index contributed by atoms with van der Waals surface area (Å²) < 4.78 is 0. The Morgan fingerprint density at radius 2 is 1.03 bits per heavy atom. The SMILES string of the molecule is CCCc1ccc2c(c1)C1(c3ccccc3Cc3ccccc31)c1cc(CCC)ccc1-2. The first-order chi connectivity index (χ1) is 15.8. The Labute approximate surface area is 192 Å². The molecule has 0 saturated heterocycles. The van der Waals surface area contributed by atoms with Gasteiger partial charge in [-0.25, -0.2) is 0 Å². The normalized spacial score (nSPS) is 14.6. The second-order valence-electron chi connectivity index (χ2n) is 9.50. The Morgan fingerprint density at radius 1 is 0.562 bits per heavy atom. The molecule has 0 heteroatoms. The van der Waals surface area contributed by atoms with Crippen LogP contribution < -0.4 is 0 Å². The highest BCUT2D eigenvalue weighted by Gasteiger charge is 2.49. The van der Waals surface area contributed by atoms with Gasteiger partial charge in [0.2, 0.25) is 0 Å². The monoisotopic (exact) mass is 414 g/mol. The Hall–Kier alpha value is -3.12. The van der Waals surface area contributed by atoms with E-state index in [1.165, 1.54) is 68.5 Å². The second-order valence-corrected chi connectivity index (χ2v) is 9.50. The summed E-state index contributed by atoms with van der Waals surface area (Å²) in [6, 6.07) is 32.9. The summed E-state index contributed by atoms with van der Waals surface area (Å²) in [6.45, 7) is 4.56. The molecule has 0 amide bonds. The summed E-state index contributed by atoms with van der Waals surface area (Å²) in [7, 11) is 0. The van der Waals surface area contributed by atoms with E-state index < -0.39 is 0 Å². The molecule has 0 nitrogen and oxygen atoms in total. The third-order valence-electron chi connectivity index (χ3n) is 7.57. The predicted molar refractivity (Wildman–Crippen MR) is 135 cm³/mol. The van der Waals surface area contributed by atoms with Crippen LogP contribution in [0.5, 0.6) is 0 Å². The maximum atomic E-state index is 2.53. The maximum absolute atomic E-state index is 2.53. The van der Waals surface area contributed by atoms with E-state index in [0.717, 1.165) is 19.3 Å². The van der Waals surface area contributed by atoms with Crippen molar-refractivity contribution in [3.05, 3.63) is 129 Å². The molecule has 0 aliphatic heterocycles. The van der Waals surface area contributed by atoms with Gasteiger partial charge < -0.3 is 0 Å². The van der Waals surface area contributed by atoms with Gasteiger partial charge >= 0.3 is 0 Å². The number of fused-ring (bicyclic) bond motifs is 9. The lowest BCUT2D eigenvalue weighted by Gasteiger charge is -2.40. The van der Waals surface area contributed by atoms with E-state index >= 15 is 0 Å². The van der Waals surface area contributed by atoms with Crippen LogP contribution in [-0.2, 0) is 24.7 Å². The zero-order valence-corrected chi connectivity index (χ0v) is 19.1. The number of aryl methyl sites for hydroxylation is 2. The molecule has 0 radical (unpaired) electrons. The summed E-state index contributed by atoms with van der Waals surface area (Å²) in [5, 5.41) is 0. The van der Waals surface area contributed by atoms with Crippen LogP contribution in [0.1, 0.15) is 71.2 Å². The van der Waals surface area contributed by atoms with E-state index in [2.05, 4.69) is 98.8 Å². The molecular weight excluding hydrogens is 384 g/mol. The van der Waals surface area contributed by atoms with Crippen molar-refractivity contribution in [3.63, 3.8) is 0 Å². The van der Waals surface area contributed by atoms with Crippen LogP contribution in [0.3, 0.4) is 0 Å². The highest BCUT2D eigenvalue weighted by atomic mass is 14.5. The fraction of sp³-hybridized carbons (Fsp3) is 0.250. The van der Waals surface area contributed by atoms with Gasteiger partial charge in [-0.3, -0.25) is 0 Å². The van der Waals surface area contributed by atoms with Gasteiger partial charge in [-0.2, -0.15) is 0 Å². The molecule has 32 heavy (non-hydrogen) atoms. The molecule has 0 bridgehead atoms. The first kappa shape index (κ1) is 19.6. The maximum Gasteiger partial charge on any atom is 0.0719 e. The highest BCUT2D eigenvalue weighted by molar-refractivity contribution is 5.88. The molecule has 158 valence electrons. The largest absolute Gasteiger partial charge is 0.0719 e. The number of benzene rings is 4. The van der Waals surface area contributed by atoms with Gasteiger partial charge in [0.15, 0.2) is 0 Å². The molecule has 0 heterocycles. The topological polar surface area (TPSA) is 0 Å². The zero-order chi connectivity index (χ0) is 21.7. The fourth-order valence-corrected chi connectivity index (χ4v) is 6.32. The van der Waals surface area contributed by atoms with Crippen LogP contribution >= 0.6 is 0 Å². The quantitative estimate of drug-likeness (QED) is 0.275. The summed E-state index contributed by atoms with van der Waals surface area (Å²) in [5.74, 6) is 0. The summed E-state index contributed by atoms with van der Waals surface area (Å²) in [4.78, 5) is 0. The second kappa shape index (κ2) is 7.48. The van der Waals surface area contributed by atoms with E-state index in [1.807, 2.05) is 0 Å². The van der Waals surface area contributed by atoms with E-state index in [9.17, 15) is 0 Å². The molecule has 2 aliphatic carbocycles. The minimum absolute atomic E-state index is 0.219. The van der Waals surface area contributed by atoms with Crippen molar-refractivity contribution in [1.29, 1.82) is 0 Å². The van der Waals surface area contributed by atoms with Crippen LogP contribution in [-0.4, -0.2) is 0 Å². The molecule has 6 rings (SSSR count).